The van der Waals surface area contributed by atoms with Gasteiger partial charge >= 0.3 is 0 Å². The van der Waals surface area contributed by atoms with Gasteiger partial charge < -0.3 is 4.98 Å². The van der Waals surface area contributed by atoms with E-state index in [1.54, 1.807) is 21.6 Å². The molecule has 1 N–H and O–H groups in total. The SMILES string of the molecule is Cc1cnc2c(c1)CCN2C(=O)c1cc2[nH]c(=O)c3nnc(C4CCC(F)(F)CC4)n3c2cc1C. The molecule has 0 radical (unpaired) electrons. The smallest absolute Gasteiger partial charge is 0.294 e. The normalized spacial score (nSPS) is 17.9. The van der Waals surface area contributed by atoms with Gasteiger partial charge in [0.2, 0.25) is 11.6 Å². The first-order chi connectivity index (χ1) is 16.7. The van der Waals surface area contributed by atoms with E-state index in [2.05, 4.69) is 20.2 Å². The number of alkyl halides is 2. The number of hydrogen-bond acceptors (Lipinski definition) is 5. The van der Waals surface area contributed by atoms with Gasteiger partial charge in [-0.25, -0.2) is 13.8 Å². The molecular weight excluding hydrogens is 454 g/mol. The number of carbonyl (C=O) groups excluding carboxylic acids is 1. The molecule has 1 aromatic carbocycles. The Balaban J connectivity index is 1.44. The van der Waals surface area contributed by atoms with Crippen molar-refractivity contribution < 1.29 is 13.6 Å². The first-order valence-corrected chi connectivity index (χ1v) is 11.8. The van der Waals surface area contributed by atoms with Crippen LogP contribution in [0.4, 0.5) is 14.6 Å². The minimum Gasteiger partial charge on any atom is -0.317 e. The number of aromatic amines is 1. The summed E-state index contributed by atoms with van der Waals surface area (Å²) in [5.41, 5.74) is 4.07. The molecule has 0 atom stereocenters. The Morgan fingerprint density at radius 2 is 1.91 bits per heavy atom. The molecule has 1 amide bonds. The van der Waals surface area contributed by atoms with Crippen LogP contribution in [0.25, 0.3) is 16.7 Å². The summed E-state index contributed by atoms with van der Waals surface area (Å²) in [4.78, 5) is 35.3. The van der Waals surface area contributed by atoms with Gasteiger partial charge in [0.05, 0.1) is 11.0 Å². The third-order valence-electron chi connectivity index (χ3n) is 7.22. The Bertz CT molecular complexity index is 1560. The lowest BCUT2D eigenvalue weighted by Gasteiger charge is -2.27. The molecular formula is C25H24F2N6O2. The van der Waals surface area contributed by atoms with Crippen LogP contribution in [0, 0.1) is 13.8 Å². The number of halogens is 2. The summed E-state index contributed by atoms with van der Waals surface area (Å²) in [6.07, 6.45) is 2.62. The molecule has 10 heteroatoms. The average Bonchev–Trinajstić information content (AvgIpc) is 3.44. The van der Waals surface area contributed by atoms with Crippen molar-refractivity contribution in [1.82, 2.24) is 24.6 Å². The van der Waals surface area contributed by atoms with Crippen molar-refractivity contribution in [2.75, 3.05) is 11.4 Å². The molecule has 35 heavy (non-hydrogen) atoms. The van der Waals surface area contributed by atoms with Crippen LogP contribution >= 0.6 is 0 Å². The van der Waals surface area contributed by atoms with Crippen LogP contribution in [-0.4, -0.2) is 42.9 Å². The van der Waals surface area contributed by atoms with Crippen molar-refractivity contribution in [3.8, 4) is 0 Å². The van der Waals surface area contributed by atoms with Crippen molar-refractivity contribution in [3.63, 3.8) is 0 Å². The molecule has 4 aromatic rings. The molecule has 0 bridgehead atoms. The van der Waals surface area contributed by atoms with Crippen molar-refractivity contribution in [1.29, 1.82) is 0 Å². The Labute approximate surface area is 199 Å². The van der Waals surface area contributed by atoms with Gasteiger partial charge in [-0.2, -0.15) is 0 Å². The predicted molar refractivity (Wildman–Crippen MR) is 126 cm³/mol. The first-order valence-electron chi connectivity index (χ1n) is 11.8. The highest BCUT2D eigenvalue weighted by atomic mass is 19.3. The van der Waals surface area contributed by atoms with Crippen LogP contribution in [0.5, 0.6) is 0 Å². The van der Waals surface area contributed by atoms with Crippen molar-refractivity contribution in [3.05, 3.63) is 62.8 Å². The monoisotopic (exact) mass is 478 g/mol. The number of rotatable bonds is 2. The Hall–Kier alpha value is -3.69. The quantitative estimate of drug-likeness (QED) is 0.468. The molecule has 1 fully saturated rings. The Morgan fingerprint density at radius 1 is 1.14 bits per heavy atom. The van der Waals surface area contributed by atoms with Crippen LogP contribution in [0.1, 0.15) is 64.5 Å². The van der Waals surface area contributed by atoms with Gasteiger partial charge in [0, 0.05) is 37.1 Å². The number of nitrogens with zero attached hydrogens (tertiary/aromatic N) is 5. The van der Waals surface area contributed by atoms with E-state index in [9.17, 15) is 18.4 Å². The fraction of sp³-hybridized carbons (Fsp3) is 0.400. The van der Waals surface area contributed by atoms with Gasteiger partial charge in [-0.3, -0.25) is 18.9 Å². The van der Waals surface area contributed by atoms with Crippen molar-refractivity contribution in [2.24, 2.45) is 0 Å². The maximum atomic E-state index is 13.7. The van der Waals surface area contributed by atoms with E-state index in [4.69, 9.17) is 0 Å². The molecule has 0 spiro atoms. The number of H-pyrrole nitrogens is 1. The maximum absolute atomic E-state index is 13.7. The van der Waals surface area contributed by atoms with Crippen LogP contribution < -0.4 is 10.5 Å². The summed E-state index contributed by atoms with van der Waals surface area (Å²) in [6, 6.07) is 5.56. The second-order valence-corrected chi connectivity index (χ2v) is 9.69. The third kappa shape index (κ3) is 3.50. The highest BCUT2D eigenvalue weighted by Crippen LogP contribution is 2.40. The second-order valence-electron chi connectivity index (χ2n) is 9.69. The molecule has 0 unspecified atom stereocenters. The van der Waals surface area contributed by atoms with E-state index in [0.717, 1.165) is 23.1 Å². The number of aromatic nitrogens is 5. The summed E-state index contributed by atoms with van der Waals surface area (Å²) in [5.74, 6) is -1.88. The predicted octanol–water partition coefficient (Wildman–Crippen LogP) is 4.08. The fourth-order valence-electron chi connectivity index (χ4n) is 5.36. The van der Waals surface area contributed by atoms with Crippen LogP contribution in [0.15, 0.2) is 29.2 Å². The number of pyridine rings is 1. The zero-order chi connectivity index (χ0) is 24.5. The molecule has 4 heterocycles. The highest BCUT2D eigenvalue weighted by molar-refractivity contribution is 6.09. The van der Waals surface area contributed by atoms with Crippen LogP contribution in [0.3, 0.4) is 0 Å². The molecule has 1 aliphatic heterocycles. The minimum atomic E-state index is -2.66. The van der Waals surface area contributed by atoms with E-state index < -0.39 is 11.5 Å². The van der Waals surface area contributed by atoms with Gasteiger partial charge in [0.1, 0.15) is 11.6 Å². The molecule has 1 aliphatic carbocycles. The summed E-state index contributed by atoms with van der Waals surface area (Å²) >= 11 is 0. The standard InChI is InChI=1S/C25H24F2N6O2/c1-13-9-16-5-8-32(20(16)28-12-13)24(35)17-11-18-19(10-14(17)2)33-21(30-31-22(33)23(34)29-18)15-3-6-25(26,27)7-4-15/h9-12,15H,3-8H2,1-2H3,(H,29,34). The first kappa shape index (κ1) is 21.8. The van der Waals surface area contributed by atoms with E-state index in [1.165, 1.54) is 0 Å². The largest absolute Gasteiger partial charge is 0.317 e. The Kier molecular flexibility index (Phi) is 4.77. The fourth-order valence-corrected chi connectivity index (χ4v) is 5.36. The maximum Gasteiger partial charge on any atom is 0.294 e. The van der Waals surface area contributed by atoms with E-state index >= 15 is 0 Å². The topological polar surface area (TPSA) is 96.2 Å². The summed E-state index contributed by atoms with van der Waals surface area (Å²) < 4.78 is 29.1. The number of hydrogen-bond donors (Lipinski definition) is 1. The van der Waals surface area contributed by atoms with Gasteiger partial charge in [-0.05, 0) is 61.9 Å². The molecule has 6 rings (SSSR count). The van der Waals surface area contributed by atoms with Crippen molar-refractivity contribution >= 4 is 28.4 Å². The minimum absolute atomic E-state index is 0.122. The van der Waals surface area contributed by atoms with E-state index in [0.29, 0.717) is 34.8 Å². The lowest BCUT2D eigenvalue weighted by Crippen LogP contribution is -2.30. The summed E-state index contributed by atoms with van der Waals surface area (Å²) in [7, 11) is 0. The molecule has 180 valence electrons. The number of aryl methyl sites for hydroxylation is 2. The van der Waals surface area contributed by atoms with Gasteiger partial charge in [0.15, 0.2) is 0 Å². The molecule has 2 aliphatic rings. The number of anilines is 1. The van der Waals surface area contributed by atoms with Gasteiger partial charge in [-0.1, -0.05) is 6.07 Å². The number of carbonyl (C=O) groups is 1. The lowest BCUT2D eigenvalue weighted by atomic mass is 9.86. The van der Waals surface area contributed by atoms with Crippen LogP contribution in [-0.2, 0) is 6.42 Å². The second kappa shape index (κ2) is 7.66. The number of benzene rings is 1. The van der Waals surface area contributed by atoms with Crippen LogP contribution in [0.2, 0.25) is 0 Å². The molecule has 0 saturated heterocycles. The number of nitrogens with one attached hydrogen (secondary N) is 1. The lowest BCUT2D eigenvalue weighted by molar-refractivity contribution is -0.0388. The summed E-state index contributed by atoms with van der Waals surface area (Å²) in [6.45, 7) is 4.36. The molecule has 8 nitrogen and oxygen atoms in total. The highest BCUT2D eigenvalue weighted by Gasteiger charge is 2.37. The summed E-state index contributed by atoms with van der Waals surface area (Å²) in [5, 5.41) is 8.29. The Morgan fingerprint density at radius 3 is 2.69 bits per heavy atom. The average molecular weight is 479 g/mol. The van der Waals surface area contributed by atoms with E-state index in [-0.39, 0.29) is 43.2 Å². The molecule has 1 saturated carbocycles. The molecule has 3 aromatic heterocycles. The zero-order valence-corrected chi connectivity index (χ0v) is 19.4. The zero-order valence-electron chi connectivity index (χ0n) is 19.4. The third-order valence-corrected chi connectivity index (χ3v) is 7.22. The van der Waals surface area contributed by atoms with Crippen molar-refractivity contribution in [2.45, 2.75) is 57.8 Å². The van der Waals surface area contributed by atoms with Gasteiger partial charge in [0.25, 0.3) is 11.5 Å². The number of amides is 1. The number of fused-ring (bicyclic) bond motifs is 4. The van der Waals surface area contributed by atoms with E-state index in [1.807, 2.05) is 26.0 Å². The van der Waals surface area contributed by atoms with Gasteiger partial charge in [-0.15, -0.1) is 10.2 Å².